The van der Waals surface area contributed by atoms with Crippen molar-refractivity contribution in [1.29, 1.82) is 0 Å². The fourth-order valence-corrected chi connectivity index (χ4v) is 1.30. The van der Waals surface area contributed by atoms with Crippen molar-refractivity contribution in [2.75, 3.05) is 6.54 Å². The molecule has 0 rings (SSSR count). The highest BCUT2D eigenvalue weighted by molar-refractivity contribution is 5.72. The van der Waals surface area contributed by atoms with Gasteiger partial charge in [-0.05, 0) is 39.0 Å². The topological polar surface area (TPSA) is 29.1 Å². The predicted molar refractivity (Wildman–Crippen MR) is 61.1 cm³/mol. The summed E-state index contributed by atoms with van der Waals surface area (Å²) in [5, 5.41) is 2.82. The van der Waals surface area contributed by atoms with Crippen molar-refractivity contribution in [2.45, 2.75) is 47.0 Å². The van der Waals surface area contributed by atoms with Gasteiger partial charge in [0.15, 0.2) is 0 Å². The molecule has 0 aromatic carbocycles. The molecule has 1 amide bonds. The number of rotatable bonds is 6. The zero-order valence-corrected chi connectivity index (χ0v) is 9.89. The van der Waals surface area contributed by atoms with Gasteiger partial charge in [-0.3, -0.25) is 4.79 Å². The molecular formula is C12H23NO. The summed E-state index contributed by atoms with van der Waals surface area (Å²) in [4.78, 5) is 10.6. The van der Waals surface area contributed by atoms with Gasteiger partial charge >= 0.3 is 0 Å². The molecule has 0 aliphatic heterocycles. The van der Waals surface area contributed by atoms with Crippen molar-refractivity contribution in [3.8, 4) is 0 Å². The Labute approximate surface area is 87.8 Å². The SMILES string of the molecule is CC(=O)NCC[C@H](C)CCC=C(C)C. The highest BCUT2D eigenvalue weighted by Gasteiger charge is 2.00. The zero-order valence-electron chi connectivity index (χ0n) is 9.89. The van der Waals surface area contributed by atoms with Gasteiger partial charge in [-0.2, -0.15) is 0 Å². The number of carbonyl (C=O) groups is 1. The fraction of sp³-hybridized carbons (Fsp3) is 0.750. The van der Waals surface area contributed by atoms with Gasteiger partial charge in [0.2, 0.25) is 5.91 Å². The van der Waals surface area contributed by atoms with Crippen LogP contribution in [0.5, 0.6) is 0 Å². The molecule has 0 bridgehead atoms. The lowest BCUT2D eigenvalue weighted by Gasteiger charge is -2.09. The van der Waals surface area contributed by atoms with E-state index in [9.17, 15) is 4.79 Å². The van der Waals surface area contributed by atoms with Crippen LogP contribution in [0.25, 0.3) is 0 Å². The molecular weight excluding hydrogens is 174 g/mol. The summed E-state index contributed by atoms with van der Waals surface area (Å²) in [5.41, 5.74) is 1.39. The van der Waals surface area contributed by atoms with E-state index in [0.29, 0.717) is 5.92 Å². The molecule has 0 aromatic rings. The van der Waals surface area contributed by atoms with Gasteiger partial charge in [-0.25, -0.2) is 0 Å². The van der Waals surface area contributed by atoms with Crippen molar-refractivity contribution >= 4 is 5.91 Å². The molecule has 2 heteroatoms. The van der Waals surface area contributed by atoms with Gasteiger partial charge in [-0.1, -0.05) is 18.6 Å². The molecule has 0 saturated carbocycles. The number of nitrogens with one attached hydrogen (secondary N) is 1. The van der Waals surface area contributed by atoms with E-state index in [0.717, 1.165) is 19.4 Å². The number of allylic oxidation sites excluding steroid dienone is 2. The fourth-order valence-electron chi connectivity index (χ4n) is 1.30. The Morgan fingerprint density at radius 1 is 1.29 bits per heavy atom. The van der Waals surface area contributed by atoms with Crippen molar-refractivity contribution in [1.82, 2.24) is 5.32 Å². The van der Waals surface area contributed by atoms with Gasteiger partial charge in [0, 0.05) is 13.5 Å². The molecule has 0 aliphatic rings. The first-order chi connectivity index (χ1) is 6.52. The average molecular weight is 197 g/mol. The molecule has 0 heterocycles. The summed E-state index contributed by atoms with van der Waals surface area (Å²) in [7, 11) is 0. The van der Waals surface area contributed by atoms with E-state index in [1.165, 1.54) is 12.0 Å². The lowest BCUT2D eigenvalue weighted by molar-refractivity contribution is -0.118. The van der Waals surface area contributed by atoms with Crippen molar-refractivity contribution < 1.29 is 4.79 Å². The minimum Gasteiger partial charge on any atom is -0.356 e. The highest BCUT2D eigenvalue weighted by Crippen LogP contribution is 2.10. The Morgan fingerprint density at radius 3 is 2.43 bits per heavy atom. The average Bonchev–Trinajstić information content (AvgIpc) is 2.02. The third-order valence-corrected chi connectivity index (χ3v) is 2.22. The number of carbonyl (C=O) groups excluding carboxylic acids is 1. The minimum absolute atomic E-state index is 0.0708. The molecule has 0 unspecified atom stereocenters. The Kier molecular flexibility index (Phi) is 7.17. The molecule has 0 aliphatic carbocycles. The van der Waals surface area contributed by atoms with E-state index in [2.05, 4.69) is 32.2 Å². The van der Waals surface area contributed by atoms with Crippen LogP contribution < -0.4 is 5.32 Å². The lowest BCUT2D eigenvalue weighted by Crippen LogP contribution is -2.22. The number of hydrogen-bond acceptors (Lipinski definition) is 1. The second-order valence-corrected chi connectivity index (χ2v) is 4.24. The first kappa shape index (κ1) is 13.2. The minimum atomic E-state index is 0.0708. The van der Waals surface area contributed by atoms with E-state index in [1.807, 2.05) is 0 Å². The number of amides is 1. The van der Waals surface area contributed by atoms with Crippen LogP contribution in [0.1, 0.15) is 47.0 Å². The molecule has 0 fully saturated rings. The quantitative estimate of drug-likeness (QED) is 0.652. The smallest absolute Gasteiger partial charge is 0.216 e. The highest BCUT2D eigenvalue weighted by atomic mass is 16.1. The van der Waals surface area contributed by atoms with Crippen molar-refractivity contribution in [3.63, 3.8) is 0 Å². The Hall–Kier alpha value is -0.790. The maximum atomic E-state index is 10.6. The largest absolute Gasteiger partial charge is 0.356 e. The summed E-state index contributed by atoms with van der Waals surface area (Å²) in [6, 6.07) is 0. The van der Waals surface area contributed by atoms with Crippen LogP contribution in [0.3, 0.4) is 0 Å². The first-order valence-corrected chi connectivity index (χ1v) is 5.40. The molecule has 0 radical (unpaired) electrons. The second kappa shape index (κ2) is 7.60. The summed E-state index contributed by atoms with van der Waals surface area (Å²) in [5.74, 6) is 0.763. The summed E-state index contributed by atoms with van der Waals surface area (Å²) in [6.07, 6.45) is 5.72. The monoisotopic (exact) mass is 197 g/mol. The van der Waals surface area contributed by atoms with Gasteiger partial charge < -0.3 is 5.32 Å². The Bertz CT molecular complexity index is 192. The van der Waals surface area contributed by atoms with Crippen LogP contribution in [0.15, 0.2) is 11.6 Å². The summed E-state index contributed by atoms with van der Waals surface area (Å²) < 4.78 is 0. The van der Waals surface area contributed by atoms with Crippen molar-refractivity contribution in [2.24, 2.45) is 5.92 Å². The third-order valence-electron chi connectivity index (χ3n) is 2.22. The lowest BCUT2D eigenvalue weighted by atomic mass is 10.0. The predicted octanol–water partition coefficient (Wildman–Crippen LogP) is 2.90. The van der Waals surface area contributed by atoms with Gasteiger partial charge in [0.05, 0.1) is 0 Å². The van der Waals surface area contributed by atoms with E-state index >= 15 is 0 Å². The molecule has 82 valence electrons. The second-order valence-electron chi connectivity index (χ2n) is 4.24. The molecule has 1 N–H and O–H groups in total. The van der Waals surface area contributed by atoms with Crippen LogP contribution in [-0.2, 0) is 4.79 Å². The van der Waals surface area contributed by atoms with E-state index in [-0.39, 0.29) is 5.91 Å². The van der Waals surface area contributed by atoms with E-state index in [4.69, 9.17) is 0 Å². The number of hydrogen-bond donors (Lipinski definition) is 1. The third kappa shape index (κ3) is 9.30. The zero-order chi connectivity index (χ0) is 11.0. The summed E-state index contributed by atoms with van der Waals surface area (Å²) >= 11 is 0. The Morgan fingerprint density at radius 2 is 1.93 bits per heavy atom. The first-order valence-electron chi connectivity index (χ1n) is 5.40. The van der Waals surface area contributed by atoms with Gasteiger partial charge in [0.1, 0.15) is 0 Å². The molecule has 14 heavy (non-hydrogen) atoms. The van der Waals surface area contributed by atoms with Gasteiger partial charge in [-0.15, -0.1) is 0 Å². The van der Waals surface area contributed by atoms with Crippen LogP contribution in [0.4, 0.5) is 0 Å². The van der Waals surface area contributed by atoms with E-state index < -0.39 is 0 Å². The van der Waals surface area contributed by atoms with Crippen LogP contribution in [-0.4, -0.2) is 12.5 Å². The Balaban J connectivity index is 3.41. The van der Waals surface area contributed by atoms with Crippen molar-refractivity contribution in [3.05, 3.63) is 11.6 Å². The molecule has 0 spiro atoms. The van der Waals surface area contributed by atoms with Crippen LogP contribution in [0, 0.1) is 5.92 Å². The standard InChI is InChI=1S/C12H23NO/c1-10(2)6-5-7-11(3)8-9-13-12(4)14/h6,11H,5,7-9H2,1-4H3,(H,13,14)/t11-/m1/s1. The normalized spacial score (nSPS) is 12.0. The molecule has 0 saturated heterocycles. The van der Waals surface area contributed by atoms with Gasteiger partial charge in [0.25, 0.3) is 0 Å². The van der Waals surface area contributed by atoms with Crippen LogP contribution >= 0.6 is 0 Å². The van der Waals surface area contributed by atoms with Crippen LogP contribution in [0.2, 0.25) is 0 Å². The van der Waals surface area contributed by atoms with E-state index in [1.54, 1.807) is 6.92 Å². The summed E-state index contributed by atoms with van der Waals surface area (Å²) in [6.45, 7) is 8.86. The molecule has 0 aromatic heterocycles. The molecule has 1 atom stereocenters. The maximum Gasteiger partial charge on any atom is 0.216 e. The maximum absolute atomic E-state index is 10.6. The molecule has 2 nitrogen and oxygen atoms in total.